The molecule has 0 amide bonds. The number of hydrogen-bond donors (Lipinski definition) is 0. The van der Waals surface area contributed by atoms with E-state index in [1.54, 1.807) is 24.6 Å². The van der Waals surface area contributed by atoms with Crippen LogP contribution in [0.1, 0.15) is 5.56 Å². The van der Waals surface area contributed by atoms with E-state index >= 15 is 0 Å². The molecule has 2 heterocycles. The number of aromatic nitrogens is 2. The lowest BCUT2D eigenvalue weighted by molar-refractivity contribution is 0.597. The van der Waals surface area contributed by atoms with Gasteiger partial charge in [-0.05, 0) is 18.2 Å². The fourth-order valence-electron chi connectivity index (χ4n) is 1.53. The summed E-state index contributed by atoms with van der Waals surface area (Å²) >= 11 is 0. The van der Waals surface area contributed by atoms with Crippen molar-refractivity contribution in [2.45, 2.75) is 0 Å². The third kappa shape index (κ3) is 0.783. The Kier molecular flexibility index (Phi) is 1.21. The van der Waals surface area contributed by atoms with Gasteiger partial charge in [0.25, 0.3) is 0 Å². The minimum Gasteiger partial charge on any atom is -0.432 e. The molecule has 3 aromatic rings. The molecule has 4 heteroatoms. The van der Waals surface area contributed by atoms with Gasteiger partial charge in [-0.15, -0.1) is 0 Å². The summed E-state index contributed by atoms with van der Waals surface area (Å²) in [6.45, 7) is 0. The zero-order chi connectivity index (χ0) is 9.54. The third-order valence-electron chi connectivity index (χ3n) is 2.17. The molecule has 0 N–H and O–H groups in total. The Morgan fingerprint density at radius 1 is 1.43 bits per heavy atom. The van der Waals surface area contributed by atoms with Crippen molar-refractivity contribution in [2.75, 3.05) is 0 Å². The second kappa shape index (κ2) is 2.36. The Labute approximate surface area is 79.0 Å². The molecule has 4 nitrogen and oxygen atoms in total. The zero-order valence-corrected chi connectivity index (χ0v) is 7.14. The molecule has 0 fully saturated rings. The number of benzene rings is 1. The predicted octanol–water partition coefficient (Wildman–Crippen LogP) is 1.95. The molecule has 14 heavy (non-hydrogen) atoms. The Balaban J connectivity index is 2.51. The molecule has 1 aromatic carbocycles. The van der Waals surface area contributed by atoms with Crippen molar-refractivity contribution in [3.63, 3.8) is 0 Å². The highest BCUT2D eigenvalue weighted by atomic mass is 16.3. The molecule has 0 saturated heterocycles. The van der Waals surface area contributed by atoms with Gasteiger partial charge >= 0.3 is 5.84 Å². The molecule has 66 valence electrons. The van der Waals surface area contributed by atoms with E-state index in [0.29, 0.717) is 11.4 Å². The maximum Gasteiger partial charge on any atom is 0.306 e. The van der Waals surface area contributed by atoms with Gasteiger partial charge in [0.15, 0.2) is 0 Å². The highest BCUT2D eigenvalue weighted by Crippen LogP contribution is 2.17. The largest absolute Gasteiger partial charge is 0.432 e. The van der Waals surface area contributed by atoms with Gasteiger partial charge in [0, 0.05) is 6.20 Å². The Bertz CT molecular complexity index is 657. The Morgan fingerprint density at radius 2 is 2.36 bits per heavy atom. The van der Waals surface area contributed by atoms with Crippen LogP contribution in [0.25, 0.3) is 16.9 Å². The Morgan fingerprint density at radius 3 is 3.21 bits per heavy atom. The number of nitrogens with zero attached hydrogens (tertiary/aromatic N) is 3. The third-order valence-corrected chi connectivity index (χ3v) is 2.17. The van der Waals surface area contributed by atoms with Gasteiger partial charge in [-0.25, -0.2) is 0 Å². The van der Waals surface area contributed by atoms with Crippen LogP contribution in [-0.2, 0) is 0 Å². The normalized spacial score (nSPS) is 10.8. The maximum absolute atomic E-state index is 8.71. The van der Waals surface area contributed by atoms with E-state index in [9.17, 15) is 0 Å². The van der Waals surface area contributed by atoms with E-state index < -0.39 is 0 Å². The minimum absolute atomic E-state index is 0.551. The van der Waals surface area contributed by atoms with Crippen LogP contribution in [-0.4, -0.2) is 9.38 Å². The van der Waals surface area contributed by atoms with Gasteiger partial charge in [-0.2, -0.15) is 10.2 Å². The summed E-state index contributed by atoms with van der Waals surface area (Å²) in [5, 5.41) is 8.71. The molecule has 0 atom stereocenters. The average Bonchev–Trinajstić information content (AvgIpc) is 2.75. The van der Waals surface area contributed by atoms with Crippen LogP contribution < -0.4 is 0 Å². The van der Waals surface area contributed by atoms with Gasteiger partial charge in [0.1, 0.15) is 6.26 Å². The number of nitriles is 1. The molecule has 3 rings (SSSR count). The van der Waals surface area contributed by atoms with Gasteiger partial charge in [-0.1, -0.05) is 0 Å². The summed E-state index contributed by atoms with van der Waals surface area (Å²) in [4.78, 5) is 4.23. The zero-order valence-electron chi connectivity index (χ0n) is 7.14. The molecule has 0 aliphatic rings. The molecule has 2 aromatic heterocycles. The van der Waals surface area contributed by atoms with Crippen molar-refractivity contribution >= 4 is 16.9 Å². The van der Waals surface area contributed by atoms with E-state index in [1.807, 2.05) is 10.5 Å². The van der Waals surface area contributed by atoms with E-state index in [2.05, 4.69) is 11.1 Å². The van der Waals surface area contributed by atoms with Crippen LogP contribution in [0, 0.1) is 11.3 Å². The van der Waals surface area contributed by atoms with E-state index in [-0.39, 0.29) is 0 Å². The maximum atomic E-state index is 8.71. The van der Waals surface area contributed by atoms with Crippen LogP contribution in [0.3, 0.4) is 0 Å². The number of imidazole rings is 1. The second-order valence-corrected chi connectivity index (χ2v) is 2.98. The summed E-state index contributed by atoms with van der Waals surface area (Å²) in [5.74, 6) is 0.551. The standard InChI is InChI=1S/C10H5N3O/c11-6-7-1-2-9-8(5-7)12-10-13(9)3-4-14-10/h1-5H. The summed E-state index contributed by atoms with van der Waals surface area (Å²) in [5.41, 5.74) is 2.34. The van der Waals surface area contributed by atoms with Crippen molar-refractivity contribution in [3.05, 3.63) is 36.2 Å². The fourth-order valence-corrected chi connectivity index (χ4v) is 1.53. The molecule has 0 radical (unpaired) electrons. The summed E-state index contributed by atoms with van der Waals surface area (Å²) in [6, 6.07) is 7.46. The van der Waals surface area contributed by atoms with Crippen molar-refractivity contribution in [3.8, 4) is 6.07 Å². The van der Waals surface area contributed by atoms with Crippen molar-refractivity contribution in [1.82, 2.24) is 9.38 Å². The highest BCUT2D eigenvalue weighted by Gasteiger charge is 2.06. The monoisotopic (exact) mass is 183 g/mol. The topological polar surface area (TPSA) is 54.2 Å². The van der Waals surface area contributed by atoms with Gasteiger partial charge in [-0.3, -0.25) is 4.40 Å². The first-order valence-corrected chi connectivity index (χ1v) is 4.14. The van der Waals surface area contributed by atoms with Crippen LogP contribution >= 0.6 is 0 Å². The lowest BCUT2D eigenvalue weighted by Crippen LogP contribution is -1.77. The molecule has 0 spiro atoms. The van der Waals surface area contributed by atoms with E-state index in [0.717, 1.165) is 11.0 Å². The molecule has 0 bridgehead atoms. The second-order valence-electron chi connectivity index (χ2n) is 2.98. The van der Waals surface area contributed by atoms with Crippen molar-refractivity contribution in [1.29, 1.82) is 5.26 Å². The van der Waals surface area contributed by atoms with Crippen LogP contribution in [0.5, 0.6) is 0 Å². The molecular weight excluding hydrogens is 178 g/mol. The smallest absolute Gasteiger partial charge is 0.306 e. The van der Waals surface area contributed by atoms with Crippen molar-refractivity contribution < 1.29 is 4.42 Å². The first-order chi connectivity index (χ1) is 6.88. The van der Waals surface area contributed by atoms with Gasteiger partial charge in [0.2, 0.25) is 0 Å². The molecule has 0 aliphatic carbocycles. The lowest BCUT2D eigenvalue weighted by Gasteiger charge is -1.89. The molecule has 0 aliphatic heterocycles. The minimum atomic E-state index is 0.551. The average molecular weight is 183 g/mol. The summed E-state index contributed by atoms with van der Waals surface area (Å²) in [6.07, 6.45) is 3.39. The number of fused-ring (bicyclic) bond motifs is 3. The van der Waals surface area contributed by atoms with Gasteiger partial charge in [0.05, 0.1) is 22.7 Å². The van der Waals surface area contributed by atoms with Crippen molar-refractivity contribution in [2.24, 2.45) is 0 Å². The van der Waals surface area contributed by atoms with Gasteiger partial charge < -0.3 is 4.42 Å². The number of rotatable bonds is 0. The van der Waals surface area contributed by atoms with E-state index in [1.165, 1.54) is 0 Å². The Hall–Kier alpha value is -2.28. The van der Waals surface area contributed by atoms with E-state index in [4.69, 9.17) is 9.68 Å². The SMILES string of the molecule is N#Cc1ccc2c(c1)nc1occn12. The molecule has 0 unspecified atom stereocenters. The summed E-state index contributed by atoms with van der Waals surface area (Å²) in [7, 11) is 0. The van der Waals surface area contributed by atoms with Crippen LogP contribution in [0.4, 0.5) is 0 Å². The first kappa shape index (κ1) is 7.15. The predicted molar refractivity (Wildman–Crippen MR) is 49.7 cm³/mol. The number of oxazole rings is 1. The molecular formula is C10H5N3O. The summed E-state index contributed by atoms with van der Waals surface area (Å²) < 4.78 is 6.99. The fraction of sp³-hybridized carbons (Fsp3) is 0. The lowest BCUT2D eigenvalue weighted by atomic mass is 10.2. The quantitative estimate of drug-likeness (QED) is 0.535. The number of hydrogen-bond acceptors (Lipinski definition) is 3. The molecule has 0 saturated carbocycles. The van der Waals surface area contributed by atoms with Crippen LogP contribution in [0.2, 0.25) is 0 Å². The van der Waals surface area contributed by atoms with Crippen LogP contribution in [0.15, 0.2) is 35.1 Å². The highest BCUT2D eigenvalue weighted by molar-refractivity contribution is 5.80. The first-order valence-electron chi connectivity index (χ1n) is 4.14.